The molecule has 1 aliphatic rings. The Hall–Kier alpha value is -2.42. The number of ketones is 1. The normalized spacial score (nSPS) is 15.5. The molecule has 100 valence electrons. The summed E-state index contributed by atoms with van der Waals surface area (Å²) in [5, 5.41) is 0. The van der Waals surface area contributed by atoms with Crippen LogP contribution in [0.5, 0.6) is 5.75 Å². The monoisotopic (exact) mass is 268 g/mol. The lowest BCUT2D eigenvalue weighted by Crippen LogP contribution is -1.98. The molecular weight excluding hydrogens is 255 g/mol. The fourth-order valence-corrected chi connectivity index (χ4v) is 2.47. The van der Waals surface area contributed by atoms with E-state index in [0.717, 1.165) is 11.1 Å². The number of hydrogen-bond acceptors (Lipinski definition) is 2. The molecule has 0 N–H and O–H groups in total. The van der Waals surface area contributed by atoms with Gasteiger partial charge in [-0.05, 0) is 35.4 Å². The Morgan fingerprint density at radius 2 is 1.90 bits per heavy atom. The minimum Gasteiger partial charge on any atom is -0.496 e. The molecule has 0 saturated heterocycles. The van der Waals surface area contributed by atoms with Gasteiger partial charge >= 0.3 is 0 Å². The fourth-order valence-electron chi connectivity index (χ4n) is 2.47. The van der Waals surface area contributed by atoms with Crippen LogP contribution in [0.25, 0.3) is 6.08 Å². The number of hydrogen-bond donors (Lipinski definition) is 0. The topological polar surface area (TPSA) is 26.3 Å². The second kappa shape index (κ2) is 4.93. The molecule has 1 aliphatic carbocycles. The van der Waals surface area contributed by atoms with Gasteiger partial charge in [-0.2, -0.15) is 0 Å². The van der Waals surface area contributed by atoms with Crippen LogP contribution in [0.4, 0.5) is 4.39 Å². The number of fused-ring (bicyclic) bond motifs is 1. The molecule has 2 nitrogen and oxygen atoms in total. The minimum atomic E-state index is -0.283. The molecule has 0 aliphatic heterocycles. The van der Waals surface area contributed by atoms with Gasteiger partial charge in [0.05, 0.1) is 12.7 Å². The Kier molecular flexibility index (Phi) is 3.11. The van der Waals surface area contributed by atoms with E-state index in [1.54, 1.807) is 31.4 Å². The predicted molar refractivity (Wildman–Crippen MR) is 75.4 cm³/mol. The average molecular weight is 268 g/mol. The lowest BCUT2D eigenvalue weighted by Gasteiger charge is -2.04. The van der Waals surface area contributed by atoms with Crippen molar-refractivity contribution in [2.24, 2.45) is 0 Å². The molecule has 20 heavy (non-hydrogen) atoms. The van der Waals surface area contributed by atoms with E-state index >= 15 is 0 Å². The molecule has 0 spiro atoms. The Balaban J connectivity index is 1.99. The summed E-state index contributed by atoms with van der Waals surface area (Å²) < 4.78 is 18.1. The smallest absolute Gasteiger partial charge is 0.193 e. The summed E-state index contributed by atoms with van der Waals surface area (Å²) in [5.74, 6) is 0.312. The van der Waals surface area contributed by atoms with Crippen LogP contribution in [0, 0.1) is 5.82 Å². The first kappa shape index (κ1) is 12.6. The highest BCUT2D eigenvalue weighted by atomic mass is 19.1. The Labute approximate surface area is 116 Å². The molecular formula is C17H13FO2. The van der Waals surface area contributed by atoms with Crippen LogP contribution in [0.15, 0.2) is 48.0 Å². The van der Waals surface area contributed by atoms with E-state index in [4.69, 9.17) is 4.74 Å². The summed E-state index contributed by atoms with van der Waals surface area (Å²) in [7, 11) is 1.56. The van der Waals surface area contributed by atoms with E-state index < -0.39 is 0 Å². The number of rotatable bonds is 2. The molecule has 0 atom stereocenters. The first-order valence-electron chi connectivity index (χ1n) is 6.36. The Morgan fingerprint density at radius 1 is 1.15 bits per heavy atom. The van der Waals surface area contributed by atoms with Gasteiger partial charge in [0.2, 0.25) is 0 Å². The lowest BCUT2D eigenvalue weighted by molar-refractivity contribution is 0.103. The first-order chi connectivity index (χ1) is 9.69. The maximum absolute atomic E-state index is 12.9. The molecule has 0 bridgehead atoms. The molecule has 0 saturated carbocycles. The average Bonchev–Trinajstić information content (AvgIpc) is 2.78. The van der Waals surface area contributed by atoms with Crippen LogP contribution in [-0.2, 0) is 6.42 Å². The second-order valence-electron chi connectivity index (χ2n) is 4.72. The quantitative estimate of drug-likeness (QED) is 0.777. The first-order valence-corrected chi connectivity index (χ1v) is 6.36. The van der Waals surface area contributed by atoms with E-state index in [1.165, 1.54) is 12.1 Å². The highest BCUT2D eigenvalue weighted by Gasteiger charge is 2.27. The van der Waals surface area contributed by atoms with Gasteiger partial charge < -0.3 is 4.74 Å². The number of Topliss-reactive ketones (excluding diaryl/α,β-unsaturated/α-hetero) is 1. The van der Waals surface area contributed by atoms with Crippen molar-refractivity contribution in [1.29, 1.82) is 0 Å². The number of halogens is 1. The van der Waals surface area contributed by atoms with E-state index in [9.17, 15) is 9.18 Å². The van der Waals surface area contributed by atoms with Crippen LogP contribution in [0.2, 0.25) is 0 Å². The summed E-state index contributed by atoms with van der Waals surface area (Å²) in [5.41, 5.74) is 3.14. The van der Waals surface area contributed by atoms with Crippen molar-refractivity contribution in [2.45, 2.75) is 6.42 Å². The van der Waals surface area contributed by atoms with Gasteiger partial charge in [-0.25, -0.2) is 4.39 Å². The zero-order valence-corrected chi connectivity index (χ0v) is 11.0. The zero-order chi connectivity index (χ0) is 14.1. The van der Waals surface area contributed by atoms with Crippen molar-refractivity contribution in [3.05, 3.63) is 70.5 Å². The molecule has 2 aromatic rings. The van der Waals surface area contributed by atoms with Crippen molar-refractivity contribution < 1.29 is 13.9 Å². The van der Waals surface area contributed by atoms with Crippen molar-refractivity contribution in [3.8, 4) is 5.75 Å². The third kappa shape index (κ3) is 2.11. The van der Waals surface area contributed by atoms with E-state index in [-0.39, 0.29) is 11.6 Å². The molecule has 0 unspecified atom stereocenters. The van der Waals surface area contributed by atoms with Gasteiger partial charge in [0, 0.05) is 12.0 Å². The van der Waals surface area contributed by atoms with Gasteiger partial charge in [0.15, 0.2) is 5.78 Å². The van der Waals surface area contributed by atoms with Crippen molar-refractivity contribution in [3.63, 3.8) is 0 Å². The van der Waals surface area contributed by atoms with E-state index in [0.29, 0.717) is 23.3 Å². The summed E-state index contributed by atoms with van der Waals surface area (Å²) >= 11 is 0. The molecule has 0 fully saturated rings. The molecule has 0 aromatic heterocycles. The van der Waals surface area contributed by atoms with Crippen LogP contribution in [0.3, 0.4) is 0 Å². The van der Waals surface area contributed by atoms with E-state index in [2.05, 4.69) is 0 Å². The zero-order valence-electron chi connectivity index (χ0n) is 11.0. The standard InChI is InChI=1S/C17H13FO2/c1-20-15-4-2-3-12-10-13(17(19)16(12)15)9-11-5-7-14(18)8-6-11/h2-9H,10H2,1H3/b13-9-. The lowest BCUT2D eigenvalue weighted by atomic mass is 10.1. The minimum absolute atomic E-state index is 0.0122. The van der Waals surface area contributed by atoms with Gasteiger partial charge in [0.25, 0.3) is 0 Å². The third-order valence-corrected chi connectivity index (χ3v) is 3.44. The number of methoxy groups -OCH3 is 1. The number of carbonyl (C=O) groups excluding carboxylic acids is 1. The Bertz CT molecular complexity index is 699. The number of benzene rings is 2. The maximum Gasteiger partial charge on any atom is 0.193 e. The predicted octanol–water partition coefficient (Wildman–Crippen LogP) is 3.66. The maximum atomic E-state index is 12.9. The van der Waals surface area contributed by atoms with Gasteiger partial charge in [-0.15, -0.1) is 0 Å². The van der Waals surface area contributed by atoms with Crippen LogP contribution >= 0.6 is 0 Å². The molecule has 0 radical (unpaired) electrons. The van der Waals surface area contributed by atoms with Gasteiger partial charge in [-0.3, -0.25) is 4.79 Å². The molecule has 0 heterocycles. The van der Waals surface area contributed by atoms with Gasteiger partial charge in [-0.1, -0.05) is 24.3 Å². The molecule has 3 heteroatoms. The van der Waals surface area contributed by atoms with Gasteiger partial charge in [0.1, 0.15) is 11.6 Å². The van der Waals surface area contributed by atoms with Crippen molar-refractivity contribution in [2.75, 3.05) is 7.11 Å². The SMILES string of the molecule is COc1cccc2c1C(=O)/C(=C\c1ccc(F)cc1)C2. The highest BCUT2D eigenvalue weighted by Crippen LogP contribution is 2.34. The Morgan fingerprint density at radius 3 is 2.60 bits per heavy atom. The number of allylic oxidation sites excluding steroid dienone is 1. The highest BCUT2D eigenvalue weighted by molar-refractivity contribution is 6.17. The summed E-state index contributed by atoms with van der Waals surface area (Å²) in [4.78, 5) is 12.4. The number of ether oxygens (including phenoxy) is 1. The molecule has 2 aromatic carbocycles. The van der Waals surface area contributed by atoms with Crippen LogP contribution in [0.1, 0.15) is 21.5 Å². The van der Waals surface area contributed by atoms with Crippen LogP contribution < -0.4 is 4.74 Å². The largest absolute Gasteiger partial charge is 0.496 e. The molecule has 3 rings (SSSR count). The van der Waals surface area contributed by atoms with E-state index in [1.807, 2.05) is 12.1 Å². The van der Waals surface area contributed by atoms with Crippen molar-refractivity contribution in [1.82, 2.24) is 0 Å². The summed E-state index contributed by atoms with van der Waals surface area (Å²) in [6.45, 7) is 0. The summed E-state index contributed by atoms with van der Waals surface area (Å²) in [6.07, 6.45) is 2.39. The molecule has 0 amide bonds. The number of carbonyl (C=O) groups is 1. The second-order valence-corrected chi connectivity index (χ2v) is 4.72. The fraction of sp³-hybridized carbons (Fsp3) is 0.118. The van der Waals surface area contributed by atoms with Crippen LogP contribution in [-0.4, -0.2) is 12.9 Å². The third-order valence-electron chi connectivity index (χ3n) is 3.44. The summed E-state index contributed by atoms with van der Waals surface area (Å²) in [6, 6.07) is 11.7. The van der Waals surface area contributed by atoms with Crippen molar-refractivity contribution >= 4 is 11.9 Å².